The highest BCUT2D eigenvalue weighted by Gasteiger charge is 2.05. The van der Waals surface area contributed by atoms with Crippen LogP contribution < -0.4 is 14.2 Å². The topological polar surface area (TPSA) is 60.8 Å². The van der Waals surface area contributed by atoms with E-state index < -0.39 is 0 Å². The van der Waals surface area contributed by atoms with Crippen LogP contribution in [0.4, 0.5) is 0 Å². The minimum absolute atomic E-state index is 0.0739. The van der Waals surface area contributed by atoms with Gasteiger partial charge in [0, 0.05) is 6.07 Å². The van der Waals surface area contributed by atoms with Gasteiger partial charge < -0.3 is 19.3 Å². The van der Waals surface area contributed by atoms with Crippen LogP contribution in [0, 0.1) is 0 Å². The van der Waals surface area contributed by atoms with E-state index in [2.05, 4.69) is 4.98 Å². The predicted molar refractivity (Wildman–Crippen MR) is 69.8 cm³/mol. The van der Waals surface area contributed by atoms with Gasteiger partial charge in [-0.15, -0.1) is 0 Å². The summed E-state index contributed by atoms with van der Waals surface area (Å²) in [7, 11) is 3.17. The second-order valence-corrected chi connectivity index (χ2v) is 3.86. The van der Waals surface area contributed by atoms with Gasteiger partial charge in [-0.3, -0.25) is 4.98 Å². The molecule has 1 N–H and O–H groups in total. The number of hydrogen-bond donors (Lipinski definition) is 1. The molecule has 0 bridgehead atoms. The van der Waals surface area contributed by atoms with Crippen LogP contribution in [0.25, 0.3) is 0 Å². The maximum atomic E-state index is 9.28. The number of methoxy groups -OCH3 is 2. The number of pyridine rings is 1. The third-order valence-electron chi connectivity index (χ3n) is 2.55. The van der Waals surface area contributed by atoms with Gasteiger partial charge in [-0.25, -0.2) is 0 Å². The Hall–Kier alpha value is -2.43. The lowest BCUT2D eigenvalue weighted by Crippen LogP contribution is -1.97. The van der Waals surface area contributed by atoms with Crippen molar-refractivity contribution in [2.24, 2.45) is 0 Å². The zero-order chi connectivity index (χ0) is 13.7. The first-order valence-electron chi connectivity index (χ1n) is 5.70. The number of aromatic nitrogens is 1. The molecule has 1 aromatic carbocycles. The van der Waals surface area contributed by atoms with E-state index in [1.165, 1.54) is 12.3 Å². The standard InChI is InChI=1S/C14H15NO4/c1-17-13-4-3-10(5-14(13)18-2)9-19-12-6-11(16)7-15-8-12/h3-8,16H,9H2,1-2H3. The molecule has 0 aliphatic rings. The fraction of sp³-hybridized carbons (Fsp3) is 0.214. The summed E-state index contributed by atoms with van der Waals surface area (Å²) in [5.41, 5.74) is 0.931. The van der Waals surface area contributed by atoms with Gasteiger partial charge in [0.05, 0.1) is 26.6 Å². The van der Waals surface area contributed by atoms with Crippen molar-refractivity contribution in [1.82, 2.24) is 4.98 Å². The van der Waals surface area contributed by atoms with Crippen molar-refractivity contribution in [2.45, 2.75) is 6.61 Å². The number of benzene rings is 1. The lowest BCUT2D eigenvalue weighted by atomic mass is 10.2. The summed E-state index contributed by atoms with van der Waals surface area (Å²) in [6, 6.07) is 7.05. The Morgan fingerprint density at radius 1 is 1.05 bits per heavy atom. The molecule has 0 radical (unpaired) electrons. The molecule has 0 aliphatic carbocycles. The van der Waals surface area contributed by atoms with E-state index >= 15 is 0 Å². The molecule has 19 heavy (non-hydrogen) atoms. The Kier molecular flexibility index (Phi) is 4.07. The molecule has 1 aromatic heterocycles. The molecule has 0 atom stereocenters. The molecule has 0 saturated carbocycles. The number of nitrogens with zero attached hydrogens (tertiary/aromatic N) is 1. The van der Waals surface area contributed by atoms with Gasteiger partial charge in [-0.2, -0.15) is 0 Å². The summed E-state index contributed by atoms with van der Waals surface area (Å²) in [4.78, 5) is 3.84. The second kappa shape index (κ2) is 5.95. The third kappa shape index (κ3) is 3.28. The summed E-state index contributed by atoms with van der Waals surface area (Å²) < 4.78 is 15.9. The molecule has 1 heterocycles. The molecule has 0 unspecified atom stereocenters. The van der Waals surface area contributed by atoms with Crippen LogP contribution in [0.5, 0.6) is 23.0 Å². The van der Waals surface area contributed by atoms with E-state index in [4.69, 9.17) is 14.2 Å². The van der Waals surface area contributed by atoms with Crippen LogP contribution in [0.1, 0.15) is 5.56 Å². The van der Waals surface area contributed by atoms with Crippen LogP contribution in [-0.2, 0) is 6.61 Å². The molecule has 0 amide bonds. The first kappa shape index (κ1) is 13.0. The molecular weight excluding hydrogens is 246 g/mol. The average molecular weight is 261 g/mol. The Bertz CT molecular complexity index is 557. The van der Waals surface area contributed by atoms with Crippen LogP contribution in [-0.4, -0.2) is 24.3 Å². The van der Waals surface area contributed by atoms with Gasteiger partial charge in [0.15, 0.2) is 11.5 Å². The van der Waals surface area contributed by atoms with Gasteiger partial charge in [0.2, 0.25) is 0 Å². The van der Waals surface area contributed by atoms with Crippen LogP contribution in [0.2, 0.25) is 0 Å². The Morgan fingerprint density at radius 2 is 1.84 bits per heavy atom. The lowest BCUT2D eigenvalue weighted by Gasteiger charge is -2.10. The maximum Gasteiger partial charge on any atom is 0.161 e. The van der Waals surface area contributed by atoms with Crippen molar-refractivity contribution in [3.63, 3.8) is 0 Å². The quantitative estimate of drug-likeness (QED) is 0.895. The fourth-order valence-electron chi connectivity index (χ4n) is 1.62. The minimum Gasteiger partial charge on any atom is -0.506 e. The normalized spacial score (nSPS) is 10.0. The van der Waals surface area contributed by atoms with Crippen LogP contribution >= 0.6 is 0 Å². The summed E-state index contributed by atoms with van der Waals surface area (Å²) in [5, 5.41) is 9.28. The molecule has 100 valence electrons. The lowest BCUT2D eigenvalue weighted by molar-refractivity contribution is 0.300. The molecule has 0 aliphatic heterocycles. The maximum absolute atomic E-state index is 9.28. The number of hydrogen-bond acceptors (Lipinski definition) is 5. The van der Waals surface area contributed by atoms with Crippen molar-refractivity contribution in [3.05, 3.63) is 42.2 Å². The van der Waals surface area contributed by atoms with Crippen molar-refractivity contribution in [2.75, 3.05) is 14.2 Å². The number of aromatic hydroxyl groups is 1. The van der Waals surface area contributed by atoms with E-state index in [0.29, 0.717) is 23.9 Å². The molecule has 5 heteroatoms. The fourth-order valence-corrected chi connectivity index (χ4v) is 1.62. The molecular formula is C14H15NO4. The molecule has 0 saturated heterocycles. The zero-order valence-electron chi connectivity index (χ0n) is 10.8. The highest BCUT2D eigenvalue weighted by molar-refractivity contribution is 5.42. The van der Waals surface area contributed by atoms with Gasteiger partial charge in [-0.1, -0.05) is 6.07 Å². The van der Waals surface area contributed by atoms with Gasteiger partial charge in [0.25, 0.3) is 0 Å². The first-order chi connectivity index (χ1) is 9.22. The van der Waals surface area contributed by atoms with Gasteiger partial charge in [-0.05, 0) is 17.7 Å². The Balaban J connectivity index is 2.07. The Labute approximate surface area is 111 Å². The molecule has 0 fully saturated rings. The van der Waals surface area contributed by atoms with Crippen molar-refractivity contribution in [3.8, 4) is 23.0 Å². The smallest absolute Gasteiger partial charge is 0.161 e. The van der Waals surface area contributed by atoms with E-state index in [1.807, 2.05) is 18.2 Å². The number of ether oxygens (including phenoxy) is 3. The summed E-state index contributed by atoms with van der Waals surface area (Å²) in [6.45, 7) is 0.353. The Morgan fingerprint density at radius 3 is 2.53 bits per heavy atom. The summed E-state index contributed by atoms with van der Waals surface area (Å²) in [6.07, 6.45) is 2.89. The molecule has 0 spiro atoms. The minimum atomic E-state index is 0.0739. The van der Waals surface area contributed by atoms with Crippen molar-refractivity contribution in [1.29, 1.82) is 0 Å². The predicted octanol–water partition coefficient (Wildman–Crippen LogP) is 2.38. The number of rotatable bonds is 5. The molecule has 5 nitrogen and oxygen atoms in total. The summed E-state index contributed by atoms with van der Waals surface area (Å²) >= 11 is 0. The van der Waals surface area contributed by atoms with Gasteiger partial charge >= 0.3 is 0 Å². The molecule has 2 aromatic rings. The SMILES string of the molecule is COc1ccc(COc2cncc(O)c2)cc1OC. The highest BCUT2D eigenvalue weighted by atomic mass is 16.5. The largest absolute Gasteiger partial charge is 0.506 e. The monoisotopic (exact) mass is 261 g/mol. The van der Waals surface area contributed by atoms with Crippen molar-refractivity contribution < 1.29 is 19.3 Å². The van der Waals surface area contributed by atoms with E-state index in [1.54, 1.807) is 20.4 Å². The zero-order valence-corrected chi connectivity index (χ0v) is 10.8. The second-order valence-electron chi connectivity index (χ2n) is 3.86. The molecule has 2 rings (SSSR count). The average Bonchev–Trinajstić information content (AvgIpc) is 2.45. The van der Waals surface area contributed by atoms with Crippen LogP contribution in [0.15, 0.2) is 36.7 Å². The van der Waals surface area contributed by atoms with Crippen LogP contribution in [0.3, 0.4) is 0 Å². The van der Waals surface area contributed by atoms with E-state index in [0.717, 1.165) is 5.56 Å². The summed E-state index contributed by atoms with van der Waals surface area (Å²) in [5.74, 6) is 1.91. The third-order valence-corrected chi connectivity index (χ3v) is 2.55. The van der Waals surface area contributed by atoms with Gasteiger partial charge in [0.1, 0.15) is 18.1 Å². The first-order valence-corrected chi connectivity index (χ1v) is 5.70. The van der Waals surface area contributed by atoms with E-state index in [-0.39, 0.29) is 5.75 Å². The van der Waals surface area contributed by atoms with E-state index in [9.17, 15) is 5.11 Å². The van der Waals surface area contributed by atoms with Crippen molar-refractivity contribution >= 4 is 0 Å². The highest BCUT2D eigenvalue weighted by Crippen LogP contribution is 2.28.